The van der Waals surface area contributed by atoms with Crippen LogP contribution in [0.15, 0.2) is 42.5 Å². The van der Waals surface area contributed by atoms with Gasteiger partial charge in [0.25, 0.3) is 5.91 Å². The van der Waals surface area contributed by atoms with Crippen molar-refractivity contribution in [2.45, 2.75) is 26.3 Å². The monoisotopic (exact) mass is 463 g/mol. The molecule has 0 N–H and O–H groups in total. The highest BCUT2D eigenvalue weighted by atomic mass is 16.5. The molecule has 0 aliphatic carbocycles. The van der Waals surface area contributed by atoms with Gasteiger partial charge < -0.3 is 24.0 Å². The van der Waals surface area contributed by atoms with Crippen molar-refractivity contribution >= 4 is 22.6 Å². The fraction of sp³-hybridized carbons (Fsp3) is 0.407. The highest BCUT2D eigenvalue weighted by molar-refractivity contribution is 5.95. The molecule has 3 aromatic rings. The van der Waals surface area contributed by atoms with Gasteiger partial charge >= 0.3 is 0 Å². The van der Waals surface area contributed by atoms with Gasteiger partial charge in [-0.1, -0.05) is 11.6 Å². The molecule has 2 heterocycles. The maximum atomic E-state index is 13.7. The molecular weight excluding hydrogens is 430 g/mol. The molecule has 0 spiro atoms. The van der Waals surface area contributed by atoms with Crippen LogP contribution in [0.1, 0.15) is 34.3 Å². The highest BCUT2D eigenvalue weighted by Gasteiger charge is 2.23. The lowest BCUT2D eigenvalue weighted by atomic mass is 10.1. The number of ether oxygens (including phenoxy) is 3. The lowest BCUT2D eigenvalue weighted by Crippen LogP contribution is -2.34. The summed E-state index contributed by atoms with van der Waals surface area (Å²) in [6, 6.07) is 13.7. The second-order valence-electron chi connectivity index (χ2n) is 8.68. The van der Waals surface area contributed by atoms with Crippen molar-refractivity contribution < 1.29 is 19.0 Å². The summed E-state index contributed by atoms with van der Waals surface area (Å²) in [4.78, 5) is 22.9. The minimum atomic E-state index is -0.106. The van der Waals surface area contributed by atoms with Crippen LogP contribution in [0.4, 0.5) is 5.82 Å². The van der Waals surface area contributed by atoms with E-state index in [-0.39, 0.29) is 5.91 Å². The lowest BCUT2D eigenvalue weighted by molar-refractivity contribution is 0.0680. The summed E-state index contributed by atoms with van der Waals surface area (Å²) in [5.74, 6) is 2.02. The predicted octanol–water partition coefficient (Wildman–Crippen LogP) is 4.45. The Morgan fingerprint density at radius 1 is 1.00 bits per heavy atom. The molecule has 7 heteroatoms. The molecule has 1 aromatic heterocycles. The van der Waals surface area contributed by atoms with Gasteiger partial charge in [-0.2, -0.15) is 0 Å². The molecule has 1 fully saturated rings. The van der Waals surface area contributed by atoms with Gasteiger partial charge in [0.05, 0.1) is 26.3 Å². The molecular formula is C27H33N3O4. The van der Waals surface area contributed by atoms with E-state index in [1.54, 1.807) is 39.5 Å². The van der Waals surface area contributed by atoms with E-state index in [1.807, 2.05) is 4.90 Å². The van der Waals surface area contributed by atoms with E-state index in [4.69, 9.17) is 19.2 Å². The number of hydrogen-bond acceptors (Lipinski definition) is 6. The van der Waals surface area contributed by atoms with E-state index in [9.17, 15) is 4.79 Å². The minimum absolute atomic E-state index is 0.106. The number of carbonyl (C=O) groups excluding carboxylic acids is 1. The first-order valence-electron chi connectivity index (χ1n) is 11.7. The largest absolute Gasteiger partial charge is 0.497 e. The van der Waals surface area contributed by atoms with Gasteiger partial charge in [-0.3, -0.25) is 4.79 Å². The maximum absolute atomic E-state index is 13.7. The normalized spacial score (nSPS) is 13.4. The van der Waals surface area contributed by atoms with Crippen LogP contribution in [0, 0.1) is 6.92 Å². The molecule has 1 amide bonds. The van der Waals surface area contributed by atoms with Crippen LogP contribution in [0.25, 0.3) is 10.9 Å². The van der Waals surface area contributed by atoms with E-state index in [0.717, 1.165) is 48.2 Å². The van der Waals surface area contributed by atoms with Crippen LogP contribution in [0.5, 0.6) is 11.5 Å². The smallest absolute Gasteiger partial charge is 0.254 e. The number of rotatable bonds is 9. The van der Waals surface area contributed by atoms with Crippen molar-refractivity contribution in [2.75, 3.05) is 52.5 Å². The van der Waals surface area contributed by atoms with E-state index in [1.165, 1.54) is 5.56 Å². The Hall–Kier alpha value is -3.32. The summed E-state index contributed by atoms with van der Waals surface area (Å²) in [7, 11) is 4.81. The first-order chi connectivity index (χ1) is 16.5. The van der Waals surface area contributed by atoms with Gasteiger partial charge in [-0.15, -0.1) is 0 Å². The average Bonchev–Trinajstić information content (AvgIpc) is 3.40. The van der Waals surface area contributed by atoms with Crippen molar-refractivity contribution in [3.63, 3.8) is 0 Å². The third-order valence-corrected chi connectivity index (χ3v) is 6.24. The number of aryl methyl sites for hydroxylation is 1. The van der Waals surface area contributed by atoms with Gasteiger partial charge in [-0.05, 0) is 50.1 Å². The van der Waals surface area contributed by atoms with E-state index in [0.29, 0.717) is 36.8 Å². The number of carbonyl (C=O) groups is 1. The zero-order valence-corrected chi connectivity index (χ0v) is 20.5. The summed E-state index contributed by atoms with van der Waals surface area (Å²) in [5.41, 5.74) is 3.72. The standard InChI is InChI=1S/C27H33N3O4/c1-19-7-8-25-20(13-19)14-22(26(28-25)29-9-5-6-10-29)18-30(11-12-32-2)27(31)21-15-23(33-3)17-24(16-21)34-4/h7-8,13-17H,5-6,9-12,18H2,1-4H3. The molecule has 0 radical (unpaired) electrons. The Morgan fingerprint density at radius 3 is 2.35 bits per heavy atom. The Morgan fingerprint density at radius 2 is 1.71 bits per heavy atom. The van der Waals surface area contributed by atoms with Crippen molar-refractivity contribution in [1.82, 2.24) is 9.88 Å². The maximum Gasteiger partial charge on any atom is 0.254 e. The first-order valence-corrected chi connectivity index (χ1v) is 11.7. The van der Waals surface area contributed by atoms with Gasteiger partial charge in [0, 0.05) is 55.9 Å². The third-order valence-electron chi connectivity index (χ3n) is 6.24. The van der Waals surface area contributed by atoms with E-state index >= 15 is 0 Å². The number of hydrogen-bond donors (Lipinski definition) is 0. The topological polar surface area (TPSA) is 64.1 Å². The first kappa shape index (κ1) is 23.8. The van der Waals surface area contributed by atoms with Gasteiger partial charge in [-0.25, -0.2) is 4.98 Å². The van der Waals surface area contributed by atoms with Crippen molar-refractivity contribution in [1.29, 1.82) is 0 Å². The SMILES string of the molecule is COCCN(Cc1cc2cc(C)ccc2nc1N1CCCC1)C(=O)c1cc(OC)cc(OC)c1. The molecule has 4 rings (SSSR count). The zero-order chi connectivity index (χ0) is 24.1. The number of anilines is 1. The Labute approximate surface area is 201 Å². The molecule has 1 aliphatic rings. The average molecular weight is 464 g/mol. The molecule has 1 saturated heterocycles. The number of aromatic nitrogens is 1. The number of benzene rings is 2. The van der Waals surface area contributed by atoms with Crippen LogP contribution < -0.4 is 14.4 Å². The van der Waals surface area contributed by atoms with Crippen molar-refractivity contribution in [3.05, 3.63) is 59.2 Å². The number of pyridine rings is 1. The quantitative estimate of drug-likeness (QED) is 0.467. The van der Waals surface area contributed by atoms with Crippen LogP contribution in [-0.2, 0) is 11.3 Å². The molecule has 0 unspecified atom stereocenters. The highest BCUT2D eigenvalue weighted by Crippen LogP contribution is 2.29. The van der Waals surface area contributed by atoms with Crippen LogP contribution >= 0.6 is 0 Å². The molecule has 0 atom stereocenters. The lowest BCUT2D eigenvalue weighted by Gasteiger charge is -2.27. The molecule has 1 aliphatic heterocycles. The second kappa shape index (κ2) is 10.7. The van der Waals surface area contributed by atoms with Gasteiger partial charge in [0.1, 0.15) is 17.3 Å². The summed E-state index contributed by atoms with van der Waals surface area (Å²) in [6.45, 7) is 5.38. The van der Waals surface area contributed by atoms with E-state index < -0.39 is 0 Å². The Bertz CT molecular complexity index is 1140. The minimum Gasteiger partial charge on any atom is -0.497 e. The number of amides is 1. The van der Waals surface area contributed by atoms with Crippen molar-refractivity contribution in [2.24, 2.45) is 0 Å². The van der Waals surface area contributed by atoms with Gasteiger partial charge in [0.15, 0.2) is 0 Å². The van der Waals surface area contributed by atoms with E-state index in [2.05, 4.69) is 36.1 Å². The van der Waals surface area contributed by atoms with Crippen LogP contribution in [0.2, 0.25) is 0 Å². The van der Waals surface area contributed by atoms with Gasteiger partial charge in [0.2, 0.25) is 0 Å². The number of nitrogens with zero attached hydrogens (tertiary/aromatic N) is 3. The molecule has 0 bridgehead atoms. The molecule has 0 saturated carbocycles. The second-order valence-corrected chi connectivity index (χ2v) is 8.68. The summed E-state index contributed by atoms with van der Waals surface area (Å²) in [6.07, 6.45) is 2.31. The summed E-state index contributed by atoms with van der Waals surface area (Å²) in [5, 5.41) is 1.08. The summed E-state index contributed by atoms with van der Waals surface area (Å²) >= 11 is 0. The number of fused-ring (bicyclic) bond motifs is 1. The fourth-order valence-electron chi connectivity index (χ4n) is 4.42. The molecule has 2 aromatic carbocycles. The summed E-state index contributed by atoms with van der Waals surface area (Å²) < 4.78 is 16.1. The van der Waals surface area contributed by atoms with Crippen LogP contribution in [0.3, 0.4) is 0 Å². The third kappa shape index (κ3) is 5.25. The fourth-order valence-corrected chi connectivity index (χ4v) is 4.42. The molecule has 180 valence electrons. The number of methoxy groups -OCH3 is 3. The molecule has 7 nitrogen and oxygen atoms in total. The predicted molar refractivity (Wildman–Crippen MR) is 134 cm³/mol. The Balaban J connectivity index is 1.73. The Kier molecular flexibility index (Phi) is 7.53. The van der Waals surface area contributed by atoms with Crippen molar-refractivity contribution in [3.8, 4) is 11.5 Å². The van der Waals surface area contributed by atoms with Crippen LogP contribution in [-0.4, -0.2) is 63.4 Å². The zero-order valence-electron chi connectivity index (χ0n) is 20.5. The molecule has 34 heavy (non-hydrogen) atoms.